The number of rotatable bonds is 15. The van der Waals surface area contributed by atoms with Gasteiger partial charge >= 0.3 is 14.8 Å². The van der Waals surface area contributed by atoms with Crippen LogP contribution in [0.25, 0.3) is 0 Å². The third-order valence-corrected chi connectivity index (χ3v) is 9.30. The van der Waals surface area contributed by atoms with E-state index >= 15 is 0 Å². The third-order valence-electron chi connectivity index (χ3n) is 9.30. The lowest BCUT2D eigenvalue weighted by Gasteiger charge is -2.16. The monoisotopic (exact) mass is 922 g/mol. The zero-order valence-electron chi connectivity index (χ0n) is 45.0. The van der Waals surface area contributed by atoms with Crippen LogP contribution in [-0.2, 0) is 4.79 Å². The number of hydrogen-bond donors (Lipinski definition) is 5. The standard InChI is InChI=1S/C16H24BN2O3.C13H18BNO3.C12H17NO.6C2H6/c1-4-12(2)11-18-16(20)10-5-13(3)19-14-6-8-15(9-7-14)22-17-21;1-9-7-15(8-10(9)2)13(16)11-3-5-12(6-4-11)14(17)18;1-4-9-13(3)12(14)11-7-5-10(2)6-8-11;6*1-2/h6-9,12,19,21H,3-5,10-11H2,1-2H3,(H,18,20);3-6,9-10,17-18H,7-8H2,1-2H3;5-8H,4,9H2,1-3H3;6*1-2H3. The summed E-state index contributed by atoms with van der Waals surface area (Å²) >= 11 is 0. The minimum Gasteiger partial charge on any atom is -0.537 e. The highest BCUT2D eigenvalue weighted by atomic mass is 16.5. The van der Waals surface area contributed by atoms with E-state index < -0.39 is 7.12 Å². The minimum absolute atomic E-state index is 0.0187. The van der Waals surface area contributed by atoms with Gasteiger partial charge < -0.3 is 40.2 Å². The fraction of sp³-hybridized carbons (Fsp3) is 0.566. The summed E-state index contributed by atoms with van der Waals surface area (Å²) in [6, 6.07) is 21.2. The minimum atomic E-state index is -1.49. The summed E-state index contributed by atoms with van der Waals surface area (Å²) in [5.41, 5.74) is 4.58. The summed E-state index contributed by atoms with van der Waals surface area (Å²) in [5.74, 6) is 2.28. The largest absolute Gasteiger partial charge is 0.569 e. The molecule has 13 heteroatoms. The van der Waals surface area contributed by atoms with Crippen LogP contribution in [0.2, 0.25) is 0 Å². The molecule has 0 spiro atoms. The summed E-state index contributed by atoms with van der Waals surface area (Å²) in [4.78, 5) is 39.3. The summed E-state index contributed by atoms with van der Waals surface area (Å²) < 4.78 is 4.83. The fourth-order valence-corrected chi connectivity index (χ4v) is 5.36. The molecule has 5 N–H and O–H groups in total. The van der Waals surface area contributed by atoms with Crippen LogP contribution in [0.1, 0.15) is 170 Å². The van der Waals surface area contributed by atoms with Crippen molar-refractivity contribution in [2.24, 2.45) is 17.8 Å². The highest BCUT2D eigenvalue weighted by Crippen LogP contribution is 2.23. The number of amides is 3. The molecule has 375 valence electrons. The molecule has 3 unspecified atom stereocenters. The van der Waals surface area contributed by atoms with E-state index in [2.05, 4.69) is 51.8 Å². The second kappa shape index (κ2) is 46.9. The van der Waals surface area contributed by atoms with E-state index in [1.54, 1.807) is 41.3 Å². The van der Waals surface area contributed by atoms with Gasteiger partial charge in [-0.15, -0.1) is 0 Å². The smallest absolute Gasteiger partial charge is 0.537 e. The van der Waals surface area contributed by atoms with Crippen molar-refractivity contribution >= 4 is 43.7 Å². The molecular formula is C53H95B2N4O7. The Hall–Kier alpha value is -4.58. The quantitative estimate of drug-likeness (QED) is 0.0945. The number of nitrogens with one attached hydrogen (secondary N) is 2. The molecule has 1 aliphatic rings. The number of carbonyl (C=O) groups excluding carboxylic acids is 3. The first-order chi connectivity index (χ1) is 31.7. The van der Waals surface area contributed by atoms with Crippen LogP contribution in [0.3, 0.4) is 0 Å². The van der Waals surface area contributed by atoms with Crippen LogP contribution in [0.15, 0.2) is 85.1 Å². The Labute approximate surface area is 405 Å². The number of benzene rings is 3. The first-order valence-corrected chi connectivity index (χ1v) is 24.7. The topological polar surface area (TPSA) is 152 Å². The van der Waals surface area contributed by atoms with Crippen molar-refractivity contribution in [2.45, 2.75) is 150 Å². The third kappa shape index (κ3) is 32.2. The molecule has 0 saturated carbocycles. The Kier molecular flexibility index (Phi) is 50.1. The predicted octanol–water partition coefficient (Wildman–Crippen LogP) is 11.2. The van der Waals surface area contributed by atoms with E-state index in [0.29, 0.717) is 55.1 Å². The lowest BCUT2D eigenvalue weighted by atomic mass is 9.80. The molecule has 4 rings (SSSR count). The SMILES string of the molecule is C=C(CCC(=O)NCC(C)CC)Nc1ccc(O[B]O)cc1.CC.CC.CC.CC.CC.CC.CC1CN(C(=O)c2ccc(B(O)O)cc2)CC1C.CCCN(C)C(=O)c1ccc(C)cc1. The van der Waals surface area contributed by atoms with Gasteiger partial charge in [-0.2, -0.15) is 0 Å². The van der Waals surface area contributed by atoms with Crippen molar-refractivity contribution < 1.29 is 34.1 Å². The average Bonchev–Trinajstić information content (AvgIpc) is 3.71. The van der Waals surface area contributed by atoms with Crippen molar-refractivity contribution in [1.29, 1.82) is 0 Å². The number of likely N-dealkylation sites (tertiary alicyclic amines) is 1. The van der Waals surface area contributed by atoms with E-state index in [-0.39, 0.29) is 17.7 Å². The van der Waals surface area contributed by atoms with Crippen LogP contribution in [0.5, 0.6) is 5.75 Å². The Morgan fingerprint density at radius 1 is 0.788 bits per heavy atom. The molecule has 0 aromatic heterocycles. The Morgan fingerprint density at radius 2 is 1.26 bits per heavy atom. The molecule has 1 fully saturated rings. The number of anilines is 1. The molecule has 1 radical (unpaired) electrons. The zero-order chi connectivity index (χ0) is 52.2. The maximum Gasteiger partial charge on any atom is 0.569 e. The second-order valence-electron chi connectivity index (χ2n) is 14.0. The molecule has 0 aliphatic carbocycles. The van der Waals surface area contributed by atoms with Crippen molar-refractivity contribution in [1.82, 2.24) is 15.1 Å². The Balaban J connectivity index is -0.000000256. The van der Waals surface area contributed by atoms with Crippen LogP contribution in [0, 0.1) is 24.7 Å². The number of nitrogens with zero attached hydrogens (tertiary/aromatic N) is 2. The average molecular weight is 922 g/mol. The highest BCUT2D eigenvalue weighted by molar-refractivity contribution is 6.58. The lowest BCUT2D eigenvalue weighted by Crippen LogP contribution is -2.31. The predicted molar refractivity (Wildman–Crippen MR) is 287 cm³/mol. The maximum absolute atomic E-state index is 12.2. The van der Waals surface area contributed by atoms with E-state index in [0.717, 1.165) is 56.0 Å². The molecule has 1 heterocycles. The van der Waals surface area contributed by atoms with Gasteiger partial charge in [-0.25, -0.2) is 0 Å². The van der Waals surface area contributed by atoms with Crippen LogP contribution in [0.4, 0.5) is 5.69 Å². The lowest BCUT2D eigenvalue weighted by molar-refractivity contribution is -0.121. The fourth-order valence-electron chi connectivity index (χ4n) is 5.36. The second-order valence-corrected chi connectivity index (χ2v) is 14.0. The van der Waals surface area contributed by atoms with E-state index in [1.807, 2.05) is 138 Å². The molecule has 66 heavy (non-hydrogen) atoms. The Bertz CT molecular complexity index is 1580. The van der Waals surface area contributed by atoms with Gasteiger partial charge in [-0.1, -0.05) is 161 Å². The zero-order valence-corrected chi connectivity index (χ0v) is 45.0. The van der Waals surface area contributed by atoms with E-state index in [4.69, 9.17) is 19.7 Å². The van der Waals surface area contributed by atoms with Crippen molar-refractivity contribution in [2.75, 3.05) is 38.5 Å². The normalized spacial score (nSPS) is 12.8. The summed E-state index contributed by atoms with van der Waals surface area (Å²) in [7, 11) is 0.992. The number of hydrogen-bond acceptors (Lipinski definition) is 8. The van der Waals surface area contributed by atoms with Crippen LogP contribution >= 0.6 is 0 Å². The first-order valence-electron chi connectivity index (χ1n) is 24.7. The van der Waals surface area contributed by atoms with Gasteiger partial charge in [0.25, 0.3) is 11.8 Å². The van der Waals surface area contributed by atoms with Gasteiger partial charge in [-0.3, -0.25) is 14.4 Å². The molecule has 11 nitrogen and oxygen atoms in total. The van der Waals surface area contributed by atoms with Gasteiger partial charge in [0, 0.05) is 62.2 Å². The van der Waals surface area contributed by atoms with Crippen LogP contribution in [-0.4, -0.2) is 90.6 Å². The molecule has 0 bridgehead atoms. The van der Waals surface area contributed by atoms with Crippen molar-refractivity contribution in [3.8, 4) is 5.75 Å². The molecular weight excluding hydrogens is 826 g/mol. The highest BCUT2D eigenvalue weighted by Gasteiger charge is 2.30. The molecule has 3 atom stereocenters. The van der Waals surface area contributed by atoms with Gasteiger partial charge in [0.2, 0.25) is 5.91 Å². The van der Waals surface area contributed by atoms with Gasteiger partial charge in [0.1, 0.15) is 5.75 Å². The molecule has 3 amide bonds. The van der Waals surface area contributed by atoms with E-state index in [9.17, 15) is 14.4 Å². The summed E-state index contributed by atoms with van der Waals surface area (Å²) in [6.45, 7) is 43.7. The number of carbonyl (C=O) groups is 3. The summed E-state index contributed by atoms with van der Waals surface area (Å²) in [6.07, 6.45) is 3.05. The number of allylic oxidation sites excluding steroid dienone is 1. The Morgan fingerprint density at radius 3 is 1.68 bits per heavy atom. The molecule has 3 aromatic carbocycles. The van der Waals surface area contributed by atoms with Gasteiger partial charge in [0.15, 0.2) is 0 Å². The molecule has 3 aromatic rings. The van der Waals surface area contributed by atoms with Gasteiger partial charge in [0.05, 0.1) is 0 Å². The number of aryl methyl sites for hydroxylation is 1. The maximum atomic E-state index is 12.2. The van der Waals surface area contributed by atoms with Crippen LogP contribution < -0.4 is 20.8 Å². The molecule has 1 saturated heterocycles. The van der Waals surface area contributed by atoms with Crippen molar-refractivity contribution in [3.63, 3.8) is 0 Å². The molecule has 1 aliphatic heterocycles. The first kappa shape index (κ1) is 70.4. The van der Waals surface area contributed by atoms with Crippen molar-refractivity contribution in [3.05, 3.63) is 102 Å². The summed E-state index contributed by atoms with van der Waals surface area (Å²) in [5, 5.41) is 32.6. The van der Waals surface area contributed by atoms with Gasteiger partial charge in [-0.05, 0) is 91.5 Å². The van der Waals surface area contributed by atoms with E-state index in [1.165, 1.54) is 5.56 Å².